The third-order valence-electron chi connectivity index (χ3n) is 6.66. The molecule has 8 heteroatoms. The Morgan fingerprint density at radius 1 is 0.738 bits per heavy atom. The van der Waals surface area contributed by atoms with Crippen molar-refractivity contribution in [2.45, 2.75) is 23.8 Å². The van der Waals surface area contributed by atoms with Crippen LogP contribution in [-0.4, -0.2) is 43.4 Å². The Hall–Kier alpha value is -4.56. The zero-order valence-electron chi connectivity index (χ0n) is 23.4. The van der Waals surface area contributed by atoms with Crippen LogP contribution in [0.15, 0.2) is 121 Å². The summed E-state index contributed by atoms with van der Waals surface area (Å²) in [6.07, 6.45) is -0.648. The summed E-state index contributed by atoms with van der Waals surface area (Å²) in [5.74, 6) is -0.697. The van der Waals surface area contributed by atoms with Gasteiger partial charge in [0, 0.05) is 18.7 Å². The molecule has 4 aromatic rings. The van der Waals surface area contributed by atoms with Gasteiger partial charge in [0.2, 0.25) is 5.91 Å². The van der Waals surface area contributed by atoms with E-state index in [0.29, 0.717) is 0 Å². The van der Waals surface area contributed by atoms with E-state index in [4.69, 9.17) is 9.47 Å². The fourth-order valence-electron chi connectivity index (χ4n) is 4.61. The fourth-order valence-corrected chi connectivity index (χ4v) is 6.15. The van der Waals surface area contributed by atoms with E-state index < -0.39 is 22.9 Å². The van der Waals surface area contributed by atoms with Gasteiger partial charge in [-0.2, -0.15) is 0 Å². The predicted octanol–water partition coefficient (Wildman–Crippen LogP) is 5.69. The van der Waals surface area contributed by atoms with Gasteiger partial charge in [-0.05, 0) is 22.3 Å². The summed E-state index contributed by atoms with van der Waals surface area (Å²) in [6.45, 7) is 0.189. The van der Waals surface area contributed by atoms with E-state index in [9.17, 15) is 14.4 Å². The molecule has 0 aliphatic heterocycles. The monoisotopic (exact) mass is 582 g/mol. The predicted molar refractivity (Wildman–Crippen MR) is 165 cm³/mol. The number of hydrogen-bond acceptors (Lipinski definition) is 6. The van der Waals surface area contributed by atoms with E-state index in [2.05, 4.69) is 47.0 Å². The number of carbonyl (C=O) groups is 3. The smallest absolute Gasteiger partial charge is 0.407 e. The van der Waals surface area contributed by atoms with Crippen LogP contribution in [0.1, 0.15) is 28.7 Å². The van der Waals surface area contributed by atoms with Crippen LogP contribution in [-0.2, 0) is 30.4 Å². The Bertz CT molecular complexity index is 1320. The first-order chi connectivity index (χ1) is 20.5. The Morgan fingerprint density at radius 3 is 1.69 bits per heavy atom. The minimum Gasteiger partial charge on any atom is -0.467 e. The molecule has 0 unspecified atom stereocenters. The highest BCUT2D eigenvalue weighted by atomic mass is 32.2. The molecule has 0 aliphatic carbocycles. The molecule has 0 saturated carbocycles. The maximum absolute atomic E-state index is 12.8. The van der Waals surface area contributed by atoms with Crippen molar-refractivity contribution in [3.63, 3.8) is 0 Å². The maximum atomic E-state index is 12.8. The zero-order valence-corrected chi connectivity index (χ0v) is 24.2. The number of methoxy groups -OCH3 is 1. The maximum Gasteiger partial charge on any atom is 0.407 e. The van der Waals surface area contributed by atoms with Crippen molar-refractivity contribution in [3.8, 4) is 0 Å². The lowest BCUT2D eigenvalue weighted by Crippen LogP contribution is -2.45. The first kappa shape index (κ1) is 30.4. The van der Waals surface area contributed by atoms with Crippen LogP contribution in [0.3, 0.4) is 0 Å². The van der Waals surface area contributed by atoms with Gasteiger partial charge in [0.15, 0.2) is 0 Å². The lowest BCUT2D eigenvalue weighted by atomic mass is 9.84. The number of ether oxygens (including phenoxy) is 2. The molecule has 0 saturated heterocycles. The van der Waals surface area contributed by atoms with Crippen LogP contribution in [0.4, 0.5) is 4.79 Å². The van der Waals surface area contributed by atoms with Gasteiger partial charge in [0.1, 0.15) is 12.6 Å². The number of hydrogen-bond donors (Lipinski definition) is 2. The topological polar surface area (TPSA) is 93.7 Å². The van der Waals surface area contributed by atoms with E-state index in [-0.39, 0.29) is 31.2 Å². The second kappa shape index (κ2) is 15.4. The van der Waals surface area contributed by atoms with Crippen molar-refractivity contribution in [1.82, 2.24) is 10.6 Å². The molecule has 2 N–H and O–H groups in total. The lowest BCUT2D eigenvalue weighted by Gasteiger charge is -2.36. The van der Waals surface area contributed by atoms with Gasteiger partial charge in [0.05, 0.1) is 11.9 Å². The van der Waals surface area contributed by atoms with Crippen molar-refractivity contribution >= 4 is 29.7 Å². The lowest BCUT2D eigenvalue weighted by molar-refractivity contribution is -0.144. The minimum absolute atomic E-state index is 0.0280. The minimum atomic E-state index is -0.909. The summed E-state index contributed by atoms with van der Waals surface area (Å²) < 4.78 is 9.58. The van der Waals surface area contributed by atoms with Crippen LogP contribution in [0, 0.1) is 0 Å². The van der Waals surface area contributed by atoms with Crippen LogP contribution in [0.25, 0.3) is 0 Å². The van der Waals surface area contributed by atoms with Crippen molar-refractivity contribution in [2.24, 2.45) is 0 Å². The van der Waals surface area contributed by atoms with Gasteiger partial charge in [-0.3, -0.25) is 4.79 Å². The number of carbonyl (C=O) groups excluding carboxylic acids is 3. The third kappa shape index (κ3) is 8.01. The van der Waals surface area contributed by atoms with Gasteiger partial charge in [-0.1, -0.05) is 121 Å². The highest BCUT2D eigenvalue weighted by Crippen LogP contribution is 2.48. The Labute approximate surface area is 250 Å². The van der Waals surface area contributed by atoms with Crippen molar-refractivity contribution in [1.29, 1.82) is 0 Å². The number of esters is 1. The van der Waals surface area contributed by atoms with E-state index in [1.54, 1.807) is 11.8 Å². The molecule has 4 aromatic carbocycles. The molecular weight excluding hydrogens is 548 g/mol. The Morgan fingerprint density at radius 2 is 1.21 bits per heavy atom. The van der Waals surface area contributed by atoms with Crippen LogP contribution >= 0.6 is 11.8 Å². The molecule has 4 rings (SSSR count). The van der Waals surface area contributed by atoms with Crippen LogP contribution < -0.4 is 10.6 Å². The molecule has 216 valence electrons. The molecule has 42 heavy (non-hydrogen) atoms. The largest absolute Gasteiger partial charge is 0.467 e. The number of thioether (sulfide) groups is 1. The Balaban J connectivity index is 1.46. The molecule has 0 bridgehead atoms. The van der Waals surface area contributed by atoms with E-state index in [1.807, 2.05) is 84.9 Å². The SMILES string of the molecule is COC(=O)[C@@H](CSC(c1ccccc1)(c1ccccc1)c1ccccc1)NC(=O)CCNC(=O)OCc1ccccc1. The summed E-state index contributed by atoms with van der Waals surface area (Å²) >= 11 is 1.55. The van der Waals surface area contributed by atoms with Gasteiger partial charge in [-0.15, -0.1) is 11.8 Å². The van der Waals surface area contributed by atoms with Gasteiger partial charge in [-0.25, -0.2) is 9.59 Å². The second-order valence-corrected chi connectivity index (χ2v) is 10.7. The van der Waals surface area contributed by atoms with Crippen LogP contribution in [0.2, 0.25) is 0 Å². The third-order valence-corrected chi connectivity index (χ3v) is 8.30. The summed E-state index contributed by atoms with van der Waals surface area (Å²) in [6, 6.07) is 38.7. The highest BCUT2D eigenvalue weighted by molar-refractivity contribution is 8.00. The normalized spacial score (nSPS) is 11.6. The Kier molecular flexibility index (Phi) is 11.2. The van der Waals surface area contributed by atoms with Crippen molar-refractivity contribution in [2.75, 3.05) is 19.4 Å². The van der Waals surface area contributed by atoms with Gasteiger partial charge in [0.25, 0.3) is 0 Å². The molecule has 7 nitrogen and oxygen atoms in total. The number of alkyl carbamates (subject to hydrolysis) is 1. The van der Waals surface area contributed by atoms with E-state index in [1.165, 1.54) is 7.11 Å². The molecule has 0 spiro atoms. The fraction of sp³-hybridized carbons (Fsp3) is 0.206. The quantitative estimate of drug-likeness (QED) is 0.156. The molecule has 0 heterocycles. The number of benzene rings is 4. The number of rotatable bonds is 13. The summed E-state index contributed by atoms with van der Waals surface area (Å²) in [5, 5.41) is 5.38. The van der Waals surface area contributed by atoms with Crippen molar-refractivity contribution in [3.05, 3.63) is 144 Å². The first-order valence-electron chi connectivity index (χ1n) is 13.6. The molecule has 0 fully saturated rings. The molecule has 1 atom stereocenters. The summed E-state index contributed by atoms with van der Waals surface area (Å²) in [4.78, 5) is 37.7. The standard InChI is InChI=1S/C34H34N2O5S/c1-40-32(38)30(36-31(37)22-23-35-33(39)41-24-26-14-6-2-7-15-26)25-42-34(27-16-8-3-9-17-27,28-18-10-4-11-19-28)29-20-12-5-13-21-29/h2-21,30H,22-25H2,1H3,(H,35,39)(H,36,37)/t30-/m1/s1. The summed E-state index contributed by atoms with van der Waals surface area (Å²) in [7, 11) is 1.30. The average Bonchev–Trinajstić information content (AvgIpc) is 3.05. The number of amides is 2. The van der Waals surface area contributed by atoms with Crippen LogP contribution in [0.5, 0.6) is 0 Å². The summed E-state index contributed by atoms with van der Waals surface area (Å²) in [5.41, 5.74) is 3.99. The zero-order chi connectivity index (χ0) is 29.6. The first-order valence-corrected chi connectivity index (χ1v) is 14.6. The van der Waals surface area contributed by atoms with Gasteiger partial charge < -0.3 is 20.1 Å². The average molecular weight is 583 g/mol. The molecule has 0 radical (unpaired) electrons. The highest BCUT2D eigenvalue weighted by Gasteiger charge is 2.38. The molecular formula is C34H34N2O5S. The second-order valence-electron chi connectivity index (χ2n) is 9.47. The molecule has 2 amide bonds. The molecule has 0 aromatic heterocycles. The van der Waals surface area contributed by atoms with E-state index >= 15 is 0 Å². The number of nitrogens with one attached hydrogen (secondary N) is 2. The van der Waals surface area contributed by atoms with E-state index in [0.717, 1.165) is 22.3 Å². The van der Waals surface area contributed by atoms with Gasteiger partial charge >= 0.3 is 12.1 Å². The van der Waals surface area contributed by atoms with Crippen molar-refractivity contribution < 1.29 is 23.9 Å². The molecule has 0 aliphatic rings.